The topological polar surface area (TPSA) is 91.7 Å². The second kappa shape index (κ2) is 8.72. The molecular weight excluding hydrogens is 456 g/mol. The van der Waals surface area contributed by atoms with Gasteiger partial charge >= 0.3 is 0 Å². The van der Waals surface area contributed by atoms with Crippen LogP contribution >= 0.6 is 11.3 Å². The first kappa shape index (κ1) is 21.8. The van der Waals surface area contributed by atoms with Crippen molar-refractivity contribution >= 4 is 38.8 Å². The number of amidine groups is 1. The highest BCUT2D eigenvalue weighted by atomic mass is 32.2. The summed E-state index contributed by atoms with van der Waals surface area (Å²) in [7, 11) is -3.82. The number of amides is 1. The van der Waals surface area contributed by atoms with Gasteiger partial charge in [0.1, 0.15) is 10.7 Å². The van der Waals surface area contributed by atoms with Crippen LogP contribution in [0.4, 0.5) is 5.69 Å². The van der Waals surface area contributed by atoms with Gasteiger partial charge in [-0.25, -0.2) is 4.98 Å². The molecule has 2 aromatic carbocycles. The Balaban J connectivity index is 1.31. The largest absolute Gasteiger partial charge is 0.348 e. The van der Waals surface area contributed by atoms with Crippen LogP contribution in [0.2, 0.25) is 0 Å². The predicted molar refractivity (Wildman–Crippen MR) is 130 cm³/mol. The van der Waals surface area contributed by atoms with Crippen molar-refractivity contribution in [2.24, 2.45) is 4.40 Å². The first-order valence-corrected chi connectivity index (χ1v) is 13.3. The number of aryl methyl sites for hydroxylation is 1. The molecule has 7 nitrogen and oxygen atoms in total. The van der Waals surface area contributed by atoms with E-state index in [1.807, 2.05) is 41.5 Å². The number of hydrogen-bond acceptors (Lipinski definition) is 6. The van der Waals surface area contributed by atoms with E-state index in [0.29, 0.717) is 30.1 Å². The highest BCUT2D eigenvalue weighted by molar-refractivity contribution is 7.90. The lowest BCUT2D eigenvalue weighted by atomic mass is 10.1. The molecule has 0 aliphatic carbocycles. The molecule has 3 heterocycles. The summed E-state index contributed by atoms with van der Waals surface area (Å²) in [6.45, 7) is 3.06. The first-order valence-electron chi connectivity index (χ1n) is 11.0. The summed E-state index contributed by atoms with van der Waals surface area (Å²) in [5.41, 5.74) is 3.84. The summed E-state index contributed by atoms with van der Waals surface area (Å²) < 4.78 is 29.6. The number of aromatic nitrogens is 1. The van der Waals surface area contributed by atoms with E-state index in [0.717, 1.165) is 47.6 Å². The quantitative estimate of drug-likeness (QED) is 0.592. The number of nitrogens with one attached hydrogen (secondary N) is 1. The summed E-state index contributed by atoms with van der Waals surface area (Å²) in [5.74, 6) is 0.284. The average Bonchev–Trinajstić information content (AvgIpc) is 3.11. The van der Waals surface area contributed by atoms with Crippen LogP contribution in [-0.4, -0.2) is 31.7 Å². The van der Waals surface area contributed by atoms with Gasteiger partial charge in [0.2, 0.25) is 0 Å². The maximum Gasteiger partial charge on any atom is 0.286 e. The normalized spacial score (nSPS) is 16.9. The lowest BCUT2D eigenvalue weighted by Gasteiger charge is -2.29. The summed E-state index contributed by atoms with van der Waals surface area (Å²) in [4.78, 5) is 19.4. The third kappa shape index (κ3) is 4.43. The molecule has 0 spiro atoms. The molecule has 3 aromatic rings. The van der Waals surface area contributed by atoms with Crippen LogP contribution in [0.15, 0.2) is 57.1 Å². The van der Waals surface area contributed by atoms with Gasteiger partial charge in [0, 0.05) is 36.0 Å². The molecule has 0 bridgehead atoms. The molecule has 0 saturated carbocycles. The maximum absolute atomic E-state index is 12.8. The molecule has 1 saturated heterocycles. The Labute approximate surface area is 197 Å². The van der Waals surface area contributed by atoms with Gasteiger partial charge in [0.15, 0.2) is 0 Å². The maximum atomic E-state index is 12.8. The van der Waals surface area contributed by atoms with Crippen molar-refractivity contribution in [1.82, 2.24) is 10.3 Å². The van der Waals surface area contributed by atoms with Crippen LogP contribution < -0.4 is 10.2 Å². The molecule has 1 fully saturated rings. The number of rotatable bonds is 4. The number of fused-ring (bicyclic) bond motifs is 3. The van der Waals surface area contributed by atoms with E-state index in [4.69, 9.17) is 0 Å². The van der Waals surface area contributed by atoms with E-state index in [1.165, 1.54) is 6.07 Å². The summed E-state index contributed by atoms with van der Waals surface area (Å²) in [6.07, 6.45) is 3.63. The van der Waals surface area contributed by atoms with Gasteiger partial charge in [-0.1, -0.05) is 30.7 Å². The van der Waals surface area contributed by atoms with Crippen LogP contribution in [0.3, 0.4) is 0 Å². The Morgan fingerprint density at radius 1 is 1.12 bits per heavy atom. The van der Waals surface area contributed by atoms with Gasteiger partial charge < -0.3 is 10.2 Å². The minimum Gasteiger partial charge on any atom is -0.348 e. The molecule has 1 amide bonds. The zero-order valence-corrected chi connectivity index (χ0v) is 19.9. The van der Waals surface area contributed by atoms with E-state index >= 15 is 0 Å². The van der Waals surface area contributed by atoms with Gasteiger partial charge in [-0.05, 0) is 43.5 Å². The Kier molecular flexibility index (Phi) is 5.76. The highest BCUT2D eigenvalue weighted by Gasteiger charge is 2.32. The molecule has 2 aliphatic heterocycles. The number of sulfonamides is 1. The summed E-state index contributed by atoms with van der Waals surface area (Å²) in [5, 5.41) is 5.92. The van der Waals surface area contributed by atoms with Crippen molar-refractivity contribution in [1.29, 1.82) is 0 Å². The first-order chi connectivity index (χ1) is 15.9. The molecule has 1 N–H and O–H groups in total. The van der Waals surface area contributed by atoms with Gasteiger partial charge in [0.25, 0.3) is 15.9 Å². The number of hydrogen-bond donors (Lipinski definition) is 1. The Bertz CT molecular complexity index is 1340. The van der Waals surface area contributed by atoms with Crippen LogP contribution in [0.25, 0.3) is 11.3 Å². The van der Waals surface area contributed by atoms with Gasteiger partial charge in [-0.3, -0.25) is 4.79 Å². The van der Waals surface area contributed by atoms with Crippen molar-refractivity contribution < 1.29 is 13.2 Å². The van der Waals surface area contributed by atoms with Crippen molar-refractivity contribution in [3.05, 3.63) is 64.0 Å². The lowest BCUT2D eigenvalue weighted by Crippen LogP contribution is -2.35. The van der Waals surface area contributed by atoms with Crippen LogP contribution in [0.1, 0.15) is 46.6 Å². The van der Waals surface area contributed by atoms with E-state index < -0.39 is 10.0 Å². The van der Waals surface area contributed by atoms with Crippen LogP contribution in [0, 0.1) is 6.92 Å². The molecule has 2 aliphatic rings. The molecule has 0 radical (unpaired) electrons. The monoisotopic (exact) mass is 480 g/mol. The number of nitrogens with zero attached hydrogens (tertiary/aromatic N) is 3. The van der Waals surface area contributed by atoms with E-state index in [9.17, 15) is 13.2 Å². The average molecular weight is 481 g/mol. The summed E-state index contributed by atoms with van der Waals surface area (Å²) >= 11 is 1.61. The fraction of sp³-hybridized carbons (Fsp3) is 0.292. The fourth-order valence-corrected chi connectivity index (χ4v) is 6.10. The van der Waals surface area contributed by atoms with E-state index in [-0.39, 0.29) is 10.8 Å². The minimum absolute atomic E-state index is 0.101. The number of anilines is 1. The highest BCUT2D eigenvalue weighted by Crippen LogP contribution is 2.35. The SMILES string of the molecule is Cc1nc(-c2ccc(CNC(=O)c3ccc4c(c3)S(=O)(=O)N=C3CCCCCN34)cc2)cs1. The number of thiazole rings is 1. The van der Waals surface area contributed by atoms with Gasteiger partial charge in [-0.2, -0.15) is 8.42 Å². The van der Waals surface area contributed by atoms with Crippen LogP contribution in [0.5, 0.6) is 0 Å². The smallest absolute Gasteiger partial charge is 0.286 e. The molecule has 0 unspecified atom stereocenters. The molecule has 5 rings (SSSR count). The van der Waals surface area contributed by atoms with Gasteiger partial charge in [-0.15, -0.1) is 15.7 Å². The third-order valence-corrected chi connectivity index (χ3v) is 8.04. The third-order valence-electron chi connectivity index (χ3n) is 5.93. The molecule has 0 atom stereocenters. The lowest BCUT2D eigenvalue weighted by molar-refractivity contribution is 0.0950. The second-order valence-electron chi connectivity index (χ2n) is 8.26. The summed E-state index contributed by atoms with van der Waals surface area (Å²) in [6, 6.07) is 12.7. The second-order valence-corrected chi connectivity index (χ2v) is 10.9. The predicted octanol–water partition coefficient (Wildman–Crippen LogP) is 4.53. The Hall–Kier alpha value is -3.04. The Morgan fingerprint density at radius 2 is 1.94 bits per heavy atom. The van der Waals surface area contributed by atoms with Gasteiger partial charge in [0.05, 0.1) is 16.4 Å². The fourth-order valence-electron chi connectivity index (χ4n) is 4.19. The molecule has 33 heavy (non-hydrogen) atoms. The number of carbonyl (C=O) groups excluding carboxylic acids is 1. The zero-order valence-electron chi connectivity index (χ0n) is 18.2. The number of benzene rings is 2. The van der Waals surface area contributed by atoms with Crippen molar-refractivity contribution in [3.63, 3.8) is 0 Å². The standard InChI is InChI=1S/C24H24N4O3S2/c1-16-26-20(15-32-16)18-8-6-17(7-9-18)14-25-24(29)19-10-11-21-22(13-19)33(30,31)27-23-5-3-2-4-12-28(21)23/h6-11,13,15H,2-5,12,14H2,1H3,(H,25,29). The molecule has 1 aromatic heterocycles. The molecule has 9 heteroatoms. The zero-order chi connectivity index (χ0) is 23.0. The molecule has 170 valence electrons. The van der Waals surface area contributed by atoms with Crippen molar-refractivity contribution in [3.8, 4) is 11.3 Å². The molecular formula is C24H24N4O3S2. The number of carbonyl (C=O) groups is 1. The van der Waals surface area contributed by atoms with Crippen molar-refractivity contribution in [2.75, 3.05) is 11.4 Å². The minimum atomic E-state index is -3.82. The van der Waals surface area contributed by atoms with E-state index in [1.54, 1.807) is 23.5 Å². The Morgan fingerprint density at radius 3 is 2.70 bits per heavy atom. The van der Waals surface area contributed by atoms with Crippen molar-refractivity contribution in [2.45, 2.75) is 44.0 Å². The van der Waals surface area contributed by atoms with E-state index in [2.05, 4.69) is 14.7 Å². The van der Waals surface area contributed by atoms with Crippen LogP contribution in [-0.2, 0) is 16.6 Å².